The number of nitro groups is 1. The third-order valence-corrected chi connectivity index (χ3v) is 6.87. The molecule has 1 saturated heterocycles. The van der Waals surface area contributed by atoms with Gasteiger partial charge in [0.05, 0.1) is 18.6 Å². The van der Waals surface area contributed by atoms with Crippen molar-refractivity contribution in [2.75, 3.05) is 25.1 Å². The highest BCUT2D eigenvalue weighted by atomic mass is 16.6. The van der Waals surface area contributed by atoms with E-state index in [0.717, 1.165) is 37.9 Å². The molecule has 8 nitrogen and oxygen atoms in total. The fourth-order valence-corrected chi connectivity index (χ4v) is 4.94. The Morgan fingerprint density at radius 3 is 2.30 bits per heavy atom. The van der Waals surface area contributed by atoms with E-state index in [1.165, 1.54) is 11.0 Å². The summed E-state index contributed by atoms with van der Waals surface area (Å²) in [4.78, 5) is 41.7. The van der Waals surface area contributed by atoms with Gasteiger partial charge in [-0.05, 0) is 66.3 Å². The Balaban J connectivity index is 1.53. The third kappa shape index (κ3) is 4.82. The van der Waals surface area contributed by atoms with Crippen LogP contribution in [0.2, 0.25) is 0 Å². The molecular formula is C29H27N3O5. The van der Waals surface area contributed by atoms with Crippen LogP contribution >= 0.6 is 0 Å². The fraction of sp³-hybridized carbons (Fsp3) is 0.241. The molecule has 1 fully saturated rings. The number of anilines is 1. The second kappa shape index (κ2) is 10.3. The zero-order valence-corrected chi connectivity index (χ0v) is 20.6. The normalized spacial score (nSPS) is 16.6. The molecule has 2 amide bonds. The minimum absolute atomic E-state index is 0.0129. The zero-order valence-electron chi connectivity index (χ0n) is 20.6. The molecule has 2 aliphatic heterocycles. The van der Waals surface area contributed by atoms with Gasteiger partial charge < -0.3 is 9.64 Å². The Labute approximate surface area is 214 Å². The van der Waals surface area contributed by atoms with Gasteiger partial charge in [0.15, 0.2) is 0 Å². The van der Waals surface area contributed by atoms with Gasteiger partial charge >= 0.3 is 0 Å². The van der Waals surface area contributed by atoms with Crippen LogP contribution in [-0.4, -0.2) is 41.8 Å². The maximum Gasteiger partial charge on any atom is 0.293 e. The number of piperidine rings is 1. The number of ether oxygens (including phenoxy) is 1. The standard InChI is InChI=1S/C29H27N3O5/c1-37-22-12-9-20(10-13-22)19-31-28(33)24-8-4-3-7-23(24)25(29(31)34)17-21-11-14-26(27(18-21)32(35)36)30-15-5-2-6-16-30/h3-4,7-14,17-18H,2,5-6,15-16,19H2,1H3/b25-17-. The molecule has 8 heteroatoms. The monoisotopic (exact) mass is 497 g/mol. The molecule has 3 aromatic carbocycles. The van der Waals surface area contributed by atoms with Crippen LogP contribution in [0, 0.1) is 10.1 Å². The Morgan fingerprint density at radius 1 is 0.919 bits per heavy atom. The Bertz CT molecular complexity index is 1390. The van der Waals surface area contributed by atoms with Crippen LogP contribution in [0.5, 0.6) is 5.75 Å². The second-order valence-corrected chi connectivity index (χ2v) is 9.20. The number of rotatable bonds is 6. The first-order chi connectivity index (χ1) is 18.0. The predicted octanol–water partition coefficient (Wildman–Crippen LogP) is 5.32. The number of carbonyl (C=O) groups is 2. The molecule has 0 radical (unpaired) electrons. The highest BCUT2D eigenvalue weighted by molar-refractivity contribution is 6.33. The van der Waals surface area contributed by atoms with E-state index in [2.05, 4.69) is 4.90 Å². The van der Waals surface area contributed by atoms with Crippen molar-refractivity contribution in [3.63, 3.8) is 0 Å². The average molecular weight is 498 g/mol. The molecule has 5 rings (SSSR count). The number of hydrogen-bond acceptors (Lipinski definition) is 6. The maximum atomic E-state index is 13.6. The lowest BCUT2D eigenvalue weighted by Gasteiger charge is -2.29. The molecular weight excluding hydrogens is 470 g/mol. The number of carbonyl (C=O) groups excluding carboxylic acids is 2. The van der Waals surface area contributed by atoms with Gasteiger partial charge in [-0.2, -0.15) is 0 Å². The van der Waals surface area contributed by atoms with Crippen LogP contribution in [0.1, 0.15) is 46.3 Å². The van der Waals surface area contributed by atoms with Gasteiger partial charge in [0.25, 0.3) is 17.5 Å². The highest BCUT2D eigenvalue weighted by Gasteiger charge is 2.35. The van der Waals surface area contributed by atoms with Crippen LogP contribution in [0.4, 0.5) is 11.4 Å². The molecule has 0 spiro atoms. The van der Waals surface area contributed by atoms with Crippen molar-refractivity contribution in [1.82, 2.24) is 4.90 Å². The fourth-order valence-electron chi connectivity index (χ4n) is 4.94. The number of amides is 2. The van der Waals surface area contributed by atoms with E-state index in [-0.39, 0.29) is 23.1 Å². The average Bonchev–Trinajstić information content (AvgIpc) is 2.94. The summed E-state index contributed by atoms with van der Waals surface area (Å²) < 4.78 is 5.20. The van der Waals surface area contributed by atoms with Gasteiger partial charge in [0, 0.05) is 30.3 Å². The molecule has 188 valence electrons. The maximum absolute atomic E-state index is 13.6. The van der Waals surface area contributed by atoms with Crippen molar-refractivity contribution in [2.24, 2.45) is 0 Å². The molecule has 0 saturated carbocycles. The highest BCUT2D eigenvalue weighted by Crippen LogP contribution is 2.35. The van der Waals surface area contributed by atoms with E-state index < -0.39 is 5.91 Å². The minimum atomic E-state index is -0.442. The van der Waals surface area contributed by atoms with E-state index in [1.54, 1.807) is 61.7 Å². The molecule has 3 aromatic rings. The second-order valence-electron chi connectivity index (χ2n) is 9.20. The molecule has 0 N–H and O–H groups in total. The van der Waals surface area contributed by atoms with Gasteiger partial charge in [-0.1, -0.05) is 36.4 Å². The Hall–Kier alpha value is -4.46. The van der Waals surface area contributed by atoms with Gasteiger partial charge in [-0.25, -0.2) is 0 Å². The molecule has 0 atom stereocenters. The molecule has 0 aliphatic carbocycles. The SMILES string of the molecule is COc1ccc(CN2C(=O)/C(=C\c3ccc(N4CCCCC4)c([N+](=O)[O-])c3)c3ccccc3C2=O)cc1. The number of methoxy groups -OCH3 is 1. The predicted molar refractivity (Wildman–Crippen MR) is 141 cm³/mol. The number of fused-ring (bicyclic) bond motifs is 1. The number of nitrogens with zero attached hydrogens (tertiary/aromatic N) is 3. The molecule has 2 aliphatic rings. The van der Waals surface area contributed by atoms with Crippen molar-refractivity contribution in [3.05, 3.63) is 99.1 Å². The van der Waals surface area contributed by atoms with E-state index in [1.807, 2.05) is 12.1 Å². The summed E-state index contributed by atoms with van der Waals surface area (Å²) in [6.45, 7) is 1.67. The third-order valence-electron chi connectivity index (χ3n) is 6.87. The number of nitro benzene ring substituents is 1. The van der Waals surface area contributed by atoms with E-state index in [4.69, 9.17) is 4.74 Å². The molecule has 37 heavy (non-hydrogen) atoms. The van der Waals surface area contributed by atoms with Gasteiger partial charge in [0.1, 0.15) is 11.4 Å². The van der Waals surface area contributed by atoms with Crippen molar-refractivity contribution >= 4 is 34.8 Å². The summed E-state index contributed by atoms with van der Waals surface area (Å²) >= 11 is 0. The van der Waals surface area contributed by atoms with Gasteiger partial charge in [-0.15, -0.1) is 0 Å². The first-order valence-electron chi connectivity index (χ1n) is 12.3. The van der Waals surface area contributed by atoms with E-state index in [9.17, 15) is 19.7 Å². The lowest BCUT2D eigenvalue weighted by molar-refractivity contribution is -0.384. The summed E-state index contributed by atoms with van der Waals surface area (Å²) in [5, 5.41) is 11.9. The van der Waals surface area contributed by atoms with Crippen LogP contribution in [-0.2, 0) is 11.3 Å². The quantitative estimate of drug-likeness (QED) is 0.198. The summed E-state index contributed by atoms with van der Waals surface area (Å²) in [5.74, 6) is -0.136. The smallest absolute Gasteiger partial charge is 0.293 e. The van der Waals surface area contributed by atoms with E-state index >= 15 is 0 Å². The number of hydrogen-bond donors (Lipinski definition) is 0. The van der Waals surface area contributed by atoms with Crippen molar-refractivity contribution in [1.29, 1.82) is 0 Å². The first kappa shape index (κ1) is 24.2. The van der Waals surface area contributed by atoms with Crippen LogP contribution in [0.15, 0.2) is 66.7 Å². The molecule has 0 bridgehead atoms. The first-order valence-corrected chi connectivity index (χ1v) is 12.3. The minimum Gasteiger partial charge on any atom is -0.497 e. The van der Waals surface area contributed by atoms with Crippen LogP contribution < -0.4 is 9.64 Å². The van der Waals surface area contributed by atoms with Crippen molar-refractivity contribution in [2.45, 2.75) is 25.8 Å². The van der Waals surface area contributed by atoms with Crippen molar-refractivity contribution < 1.29 is 19.2 Å². The summed E-state index contributed by atoms with van der Waals surface area (Å²) in [6, 6.07) is 19.2. The largest absolute Gasteiger partial charge is 0.497 e. The Morgan fingerprint density at radius 2 is 1.62 bits per heavy atom. The Kier molecular flexibility index (Phi) is 6.72. The van der Waals surface area contributed by atoms with Crippen molar-refractivity contribution in [3.8, 4) is 5.75 Å². The molecule has 0 unspecified atom stereocenters. The summed E-state index contributed by atoms with van der Waals surface area (Å²) in [6.07, 6.45) is 4.78. The topological polar surface area (TPSA) is 93.0 Å². The van der Waals surface area contributed by atoms with Gasteiger partial charge in [-0.3, -0.25) is 24.6 Å². The summed E-state index contributed by atoms with van der Waals surface area (Å²) in [7, 11) is 1.57. The van der Waals surface area contributed by atoms with Crippen LogP contribution in [0.25, 0.3) is 11.6 Å². The molecule has 0 aromatic heterocycles. The number of imide groups is 1. The van der Waals surface area contributed by atoms with Crippen LogP contribution in [0.3, 0.4) is 0 Å². The molecule has 2 heterocycles. The van der Waals surface area contributed by atoms with Gasteiger partial charge in [0.2, 0.25) is 0 Å². The summed E-state index contributed by atoms with van der Waals surface area (Å²) in [5.41, 5.74) is 3.18. The van der Waals surface area contributed by atoms with E-state index in [0.29, 0.717) is 33.7 Å². The lowest BCUT2D eigenvalue weighted by Crippen LogP contribution is -2.41. The number of benzene rings is 3. The lowest BCUT2D eigenvalue weighted by atomic mass is 9.91. The zero-order chi connectivity index (χ0) is 25.9.